The molecule has 0 aromatic carbocycles. The van der Waals surface area contributed by atoms with Gasteiger partial charge in [0.25, 0.3) is 0 Å². The fourth-order valence-electron chi connectivity index (χ4n) is 4.98. The Bertz CT molecular complexity index is 747. The van der Waals surface area contributed by atoms with Crippen LogP contribution in [0.5, 0.6) is 0 Å². The van der Waals surface area contributed by atoms with Gasteiger partial charge in [0, 0.05) is 20.0 Å². The van der Waals surface area contributed by atoms with Gasteiger partial charge in [-0.2, -0.15) is 4.98 Å². The minimum absolute atomic E-state index is 0.00420. The first-order chi connectivity index (χ1) is 14.9. The van der Waals surface area contributed by atoms with Gasteiger partial charge in [-0.3, -0.25) is 14.5 Å². The number of likely N-dealkylation sites (N-methyl/N-ethyl adjacent to an activating group) is 2. The summed E-state index contributed by atoms with van der Waals surface area (Å²) in [6.07, 6.45) is 9.15. The van der Waals surface area contributed by atoms with E-state index < -0.39 is 5.97 Å². The highest BCUT2D eigenvalue weighted by Crippen LogP contribution is 2.53. The molecule has 1 amide bonds. The minimum Gasteiger partial charge on any atom is -0.481 e. The standard InChI is InChI=1S/C24H42N4O4/c1-23(2,3)24(12-8-7-9-13-24)14-10-11-18(15-21(30)31)22-25-19(26-32-22)16-28(6)17-20(29)27(4)5/h18H,7-17H2,1-6H3,(H,30,31)/t18-/m1/s1. The van der Waals surface area contributed by atoms with Crippen LogP contribution in [0.2, 0.25) is 0 Å². The summed E-state index contributed by atoms with van der Waals surface area (Å²) in [5.74, 6) is -0.281. The van der Waals surface area contributed by atoms with Crippen molar-refractivity contribution in [3.05, 3.63) is 11.7 Å². The van der Waals surface area contributed by atoms with Crippen LogP contribution in [0.1, 0.15) is 96.2 Å². The predicted molar refractivity (Wildman–Crippen MR) is 123 cm³/mol. The highest BCUT2D eigenvalue weighted by Gasteiger charge is 2.42. The normalized spacial score (nSPS) is 17.3. The maximum atomic E-state index is 11.9. The number of aromatic nitrogens is 2. The van der Waals surface area contributed by atoms with Gasteiger partial charge in [0.1, 0.15) is 0 Å². The van der Waals surface area contributed by atoms with Crippen LogP contribution in [-0.4, -0.2) is 64.6 Å². The number of hydrogen-bond donors (Lipinski definition) is 1. The first-order valence-corrected chi connectivity index (χ1v) is 11.9. The Hall–Kier alpha value is -1.96. The second-order valence-electron chi connectivity index (χ2n) is 10.8. The van der Waals surface area contributed by atoms with Crippen LogP contribution in [0.25, 0.3) is 0 Å². The average molecular weight is 451 g/mol. The van der Waals surface area contributed by atoms with Gasteiger partial charge >= 0.3 is 5.97 Å². The van der Waals surface area contributed by atoms with Crippen molar-refractivity contribution in [2.45, 2.75) is 91.0 Å². The fraction of sp³-hybridized carbons (Fsp3) is 0.833. The van der Waals surface area contributed by atoms with E-state index in [4.69, 9.17) is 4.52 Å². The molecule has 1 aromatic heterocycles. The van der Waals surface area contributed by atoms with Crippen LogP contribution < -0.4 is 0 Å². The summed E-state index contributed by atoms with van der Waals surface area (Å²) in [6, 6.07) is 0. The summed E-state index contributed by atoms with van der Waals surface area (Å²) in [7, 11) is 5.26. The molecule has 1 atom stereocenters. The average Bonchev–Trinajstić information content (AvgIpc) is 3.15. The molecule has 1 N–H and O–H groups in total. The molecule has 0 unspecified atom stereocenters. The maximum absolute atomic E-state index is 11.9. The molecule has 1 aliphatic rings. The van der Waals surface area contributed by atoms with Crippen molar-refractivity contribution in [3.8, 4) is 0 Å². The van der Waals surface area contributed by atoms with E-state index in [9.17, 15) is 14.7 Å². The molecule has 0 saturated heterocycles. The molecule has 2 rings (SSSR count). The zero-order valence-corrected chi connectivity index (χ0v) is 20.8. The first-order valence-electron chi connectivity index (χ1n) is 11.9. The van der Waals surface area contributed by atoms with Gasteiger partial charge in [-0.05, 0) is 43.6 Å². The number of carbonyl (C=O) groups is 2. The van der Waals surface area contributed by atoms with Gasteiger partial charge in [-0.15, -0.1) is 0 Å². The third kappa shape index (κ3) is 7.29. The number of amides is 1. The molecule has 0 aliphatic heterocycles. The zero-order chi connectivity index (χ0) is 23.9. The van der Waals surface area contributed by atoms with Crippen LogP contribution in [0.15, 0.2) is 4.52 Å². The van der Waals surface area contributed by atoms with Gasteiger partial charge in [-0.1, -0.05) is 51.6 Å². The van der Waals surface area contributed by atoms with Crippen molar-refractivity contribution in [2.75, 3.05) is 27.7 Å². The van der Waals surface area contributed by atoms with Crippen molar-refractivity contribution in [1.82, 2.24) is 19.9 Å². The van der Waals surface area contributed by atoms with Gasteiger partial charge in [0.05, 0.1) is 19.5 Å². The van der Waals surface area contributed by atoms with Crippen LogP contribution in [0.3, 0.4) is 0 Å². The zero-order valence-electron chi connectivity index (χ0n) is 20.8. The SMILES string of the molecule is CN(CC(=O)N(C)C)Cc1noc([C@H](CCCC2(C(C)(C)C)CCCCC2)CC(=O)O)n1. The lowest BCUT2D eigenvalue weighted by atomic mass is 9.57. The first kappa shape index (κ1) is 26.3. The van der Waals surface area contributed by atoms with E-state index in [1.165, 1.54) is 37.0 Å². The smallest absolute Gasteiger partial charge is 0.304 e. The third-order valence-electron chi connectivity index (χ3n) is 7.18. The highest BCUT2D eigenvalue weighted by molar-refractivity contribution is 5.77. The third-order valence-corrected chi connectivity index (χ3v) is 7.18. The largest absolute Gasteiger partial charge is 0.481 e. The molecular weight excluding hydrogens is 408 g/mol. The lowest BCUT2D eigenvalue weighted by molar-refractivity contribution is -0.137. The molecule has 1 saturated carbocycles. The number of carbonyl (C=O) groups excluding carboxylic acids is 1. The molecule has 8 heteroatoms. The Morgan fingerprint density at radius 3 is 2.38 bits per heavy atom. The van der Waals surface area contributed by atoms with E-state index in [0.29, 0.717) is 23.7 Å². The lowest BCUT2D eigenvalue weighted by Gasteiger charge is -2.48. The number of hydrogen-bond acceptors (Lipinski definition) is 6. The topological polar surface area (TPSA) is 99.8 Å². The summed E-state index contributed by atoms with van der Waals surface area (Å²) < 4.78 is 5.47. The van der Waals surface area contributed by atoms with Crippen molar-refractivity contribution in [2.24, 2.45) is 10.8 Å². The van der Waals surface area contributed by atoms with Crippen molar-refractivity contribution in [1.29, 1.82) is 0 Å². The minimum atomic E-state index is -0.855. The maximum Gasteiger partial charge on any atom is 0.304 e. The molecule has 0 radical (unpaired) electrons. The van der Waals surface area contributed by atoms with E-state index in [1.54, 1.807) is 14.1 Å². The molecule has 0 bridgehead atoms. The van der Waals surface area contributed by atoms with Gasteiger partial charge in [0.15, 0.2) is 5.82 Å². The number of carboxylic acid groups (broad SMARTS) is 1. The second kappa shape index (κ2) is 11.3. The Morgan fingerprint density at radius 2 is 1.81 bits per heavy atom. The monoisotopic (exact) mass is 450 g/mol. The Labute approximate surface area is 192 Å². The summed E-state index contributed by atoms with van der Waals surface area (Å²) >= 11 is 0. The Morgan fingerprint density at radius 1 is 1.16 bits per heavy atom. The van der Waals surface area contributed by atoms with Crippen LogP contribution in [0, 0.1) is 10.8 Å². The molecule has 1 heterocycles. The van der Waals surface area contributed by atoms with Crippen molar-refractivity contribution in [3.63, 3.8) is 0 Å². The molecule has 1 fully saturated rings. The molecular formula is C24H42N4O4. The van der Waals surface area contributed by atoms with E-state index >= 15 is 0 Å². The highest BCUT2D eigenvalue weighted by atomic mass is 16.5. The van der Waals surface area contributed by atoms with Crippen LogP contribution in [0.4, 0.5) is 0 Å². The van der Waals surface area contributed by atoms with E-state index in [0.717, 1.165) is 19.3 Å². The molecule has 1 aliphatic carbocycles. The number of aliphatic carboxylic acids is 1. The second-order valence-corrected chi connectivity index (χ2v) is 10.8. The molecule has 32 heavy (non-hydrogen) atoms. The van der Waals surface area contributed by atoms with Gasteiger partial charge < -0.3 is 14.5 Å². The summed E-state index contributed by atoms with van der Waals surface area (Å²) in [5.41, 5.74) is 0.558. The molecule has 8 nitrogen and oxygen atoms in total. The summed E-state index contributed by atoms with van der Waals surface area (Å²) in [6.45, 7) is 7.65. The number of nitrogens with zero attached hydrogens (tertiary/aromatic N) is 4. The van der Waals surface area contributed by atoms with Gasteiger partial charge in [-0.25, -0.2) is 0 Å². The summed E-state index contributed by atoms with van der Waals surface area (Å²) in [5, 5.41) is 13.5. The van der Waals surface area contributed by atoms with Crippen LogP contribution >= 0.6 is 0 Å². The van der Waals surface area contributed by atoms with Crippen LogP contribution in [-0.2, 0) is 16.1 Å². The number of rotatable bonds is 11. The van der Waals surface area contributed by atoms with E-state index in [1.807, 2.05) is 11.9 Å². The number of carboxylic acids is 1. The molecule has 0 spiro atoms. The van der Waals surface area contributed by atoms with Gasteiger partial charge in [0.2, 0.25) is 11.8 Å². The Balaban J connectivity index is 2.01. The summed E-state index contributed by atoms with van der Waals surface area (Å²) in [4.78, 5) is 31.2. The van der Waals surface area contributed by atoms with E-state index in [2.05, 4.69) is 30.9 Å². The van der Waals surface area contributed by atoms with Crippen molar-refractivity contribution < 1.29 is 19.2 Å². The molecule has 1 aromatic rings. The Kier molecular flexibility index (Phi) is 9.25. The lowest BCUT2D eigenvalue weighted by Crippen LogP contribution is -2.37. The fourth-order valence-corrected chi connectivity index (χ4v) is 4.98. The van der Waals surface area contributed by atoms with E-state index in [-0.39, 0.29) is 30.2 Å². The molecule has 182 valence electrons. The predicted octanol–water partition coefficient (Wildman–Crippen LogP) is 4.31. The quantitative estimate of drug-likeness (QED) is 0.536. The van der Waals surface area contributed by atoms with Crippen molar-refractivity contribution >= 4 is 11.9 Å².